The number of halogens is 1. The molecule has 1 aromatic heterocycles. The minimum absolute atomic E-state index is 0.0626. The van der Waals surface area contributed by atoms with E-state index in [2.05, 4.69) is 56.9 Å². The number of hydrogen-bond donors (Lipinski definition) is 1. The lowest BCUT2D eigenvalue weighted by molar-refractivity contribution is -0.128. The zero-order valence-corrected chi connectivity index (χ0v) is 26.5. The lowest BCUT2D eigenvalue weighted by atomic mass is 10.0. The van der Waals surface area contributed by atoms with Crippen molar-refractivity contribution in [3.63, 3.8) is 0 Å². The van der Waals surface area contributed by atoms with Crippen LogP contribution in [-0.2, 0) is 17.8 Å². The molecule has 4 aliphatic rings. The number of ether oxygens (including phenoxy) is 1. The van der Waals surface area contributed by atoms with Crippen LogP contribution in [0.2, 0.25) is 5.02 Å². The van der Waals surface area contributed by atoms with Gasteiger partial charge in [-0.2, -0.15) is 15.2 Å². The lowest BCUT2D eigenvalue weighted by Crippen LogP contribution is -2.62. The van der Waals surface area contributed by atoms with E-state index < -0.39 is 0 Å². The summed E-state index contributed by atoms with van der Waals surface area (Å²) in [4.78, 5) is 31.5. The molecule has 45 heavy (non-hydrogen) atoms. The third-order valence-corrected chi connectivity index (χ3v) is 10.3. The first-order chi connectivity index (χ1) is 21.9. The van der Waals surface area contributed by atoms with E-state index in [-0.39, 0.29) is 23.9 Å². The minimum atomic E-state index is -0.247. The summed E-state index contributed by atoms with van der Waals surface area (Å²) in [7, 11) is 2.02. The van der Waals surface area contributed by atoms with Crippen LogP contribution in [-0.4, -0.2) is 96.2 Å². The maximum Gasteiger partial charge on any atom is 0.318 e. The highest BCUT2D eigenvalue weighted by atomic mass is 35.5. The molecule has 0 spiro atoms. The number of hydrogen-bond acceptors (Lipinski definition) is 9. The standard InChI is InChI=1S/C34H39ClN8O2/c1-3-30(44)43-17-16-41(20-25(43)10-14-36)32-26-11-15-40(29-9-5-7-23-6-4-8-27(35)31(23)29)21-28(26)38-33(39-32)45-22-34(12-13-34)42-18-24(19-42)37-2/h3-9,24-25,37H,1,10-13,15-22H2,2H3/t25-/m0/s1. The normalized spacial score (nSPS) is 21.2. The van der Waals surface area contributed by atoms with E-state index in [1.54, 1.807) is 4.90 Å². The molecule has 1 atom stereocenters. The first-order valence-electron chi connectivity index (χ1n) is 15.8. The average Bonchev–Trinajstić information content (AvgIpc) is 3.82. The highest BCUT2D eigenvalue weighted by molar-refractivity contribution is 6.36. The van der Waals surface area contributed by atoms with Crippen LogP contribution < -0.4 is 19.9 Å². The summed E-state index contributed by atoms with van der Waals surface area (Å²) in [6.45, 7) is 9.30. The van der Waals surface area contributed by atoms with Gasteiger partial charge in [-0.1, -0.05) is 42.4 Å². The summed E-state index contributed by atoms with van der Waals surface area (Å²) < 4.78 is 6.46. The van der Waals surface area contributed by atoms with E-state index in [1.807, 2.05) is 19.2 Å². The third kappa shape index (κ3) is 5.58. The third-order valence-electron chi connectivity index (χ3n) is 10.0. The molecule has 3 aliphatic heterocycles. The van der Waals surface area contributed by atoms with Crippen molar-refractivity contribution in [3.05, 3.63) is 65.3 Å². The second-order valence-electron chi connectivity index (χ2n) is 12.6. The summed E-state index contributed by atoms with van der Waals surface area (Å²) in [5.74, 6) is 0.706. The number of carbonyl (C=O) groups is 1. The molecule has 3 aromatic rings. The van der Waals surface area contributed by atoms with Gasteiger partial charge in [0.1, 0.15) is 12.4 Å². The number of carbonyl (C=O) groups excluding carboxylic acids is 1. The maximum atomic E-state index is 12.6. The lowest BCUT2D eigenvalue weighted by Gasteiger charge is -2.44. The molecule has 1 aliphatic carbocycles. The van der Waals surface area contributed by atoms with Gasteiger partial charge in [-0.15, -0.1) is 0 Å². The maximum absolute atomic E-state index is 12.6. The number of amides is 1. The van der Waals surface area contributed by atoms with Gasteiger partial charge in [0.05, 0.1) is 41.3 Å². The van der Waals surface area contributed by atoms with Gasteiger partial charge in [-0.05, 0) is 49.9 Å². The van der Waals surface area contributed by atoms with Crippen LogP contribution >= 0.6 is 11.6 Å². The molecule has 10 nitrogen and oxygen atoms in total. The zero-order chi connectivity index (χ0) is 31.1. The number of nitrogens with zero attached hydrogens (tertiary/aromatic N) is 7. The Kier molecular flexibility index (Phi) is 8.02. The fourth-order valence-electron chi connectivity index (χ4n) is 7.14. The van der Waals surface area contributed by atoms with Crippen molar-refractivity contribution >= 4 is 39.8 Å². The highest BCUT2D eigenvalue weighted by Gasteiger charge is 2.53. The van der Waals surface area contributed by atoms with Crippen LogP contribution in [0.5, 0.6) is 6.01 Å². The largest absolute Gasteiger partial charge is 0.461 e. The quantitative estimate of drug-likeness (QED) is 0.356. The Labute approximate surface area is 269 Å². The molecule has 2 aromatic carbocycles. The van der Waals surface area contributed by atoms with Gasteiger partial charge in [0.25, 0.3) is 0 Å². The van der Waals surface area contributed by atoms with E-state index in [4.69, 9.17) is 26.3 Å². The molecule has 234 valence electrons. The molecule has 0 radical (unpaired) electrons. The summed E-state index contributed by atoms with van der Waals surface area (Å²) in [6.07, 6.45) is 4.56. The number of benzene rings is 2. The van der Waals surface area contributed by atoms with E-state index in [0.717, 1.165) is 77.5 Å². The first-order valence-corrected chi connectivity index (χ1v) is 16.2. The Morgan fingerprint density at radius 1 is 1.16 bits per heavy atom. The fourth-order valence-corrected chi connectivity index (χ4v) is 7.42. The van der Waals surface area contributed by atoms with E-state index in [9.17, 15) is 10.1 Å². The number of likely N-dealkylation sites (tertiary alicyclic amines) is 1. The number of nitrogens with one attached hydrogen (secondary N) is 1. The Hall–Kier alpha value is -3.91. The second kappa shape index (κ2) is 12.1. The molecule has 7 rings (SSSR count). The van der Waals surface area contributed by atoms with E-state index in [1.165, 1.54) is 6.08 Å². The van der Waals surface area contributed by atoms with Crippen LogP contribution in [0.3, 0.4) is 0 Å². The van der Waals surface area contributed by atoms with Crippen LogP contribution in [0.15, 0.2) is 49.1 Å². The van der Waals surface area contributed by atoms with Gasteiger partial charge in [0, 0.05) is 61.9 Å². The Morgan fingerprint density at radius 3 is 2.69 bits per heavy atom. The van der Waals surface area contributed by atoms with Crippen molar-refractivity contribution in [2.75, 3.05) is 62.7 Å². The minimum Gasteiger partial charge on any atom is -0.461 e. The van der Waals surface area contributed by atoms with Crippen molar-refractivity contribution in [1.29, 1.82) is 5.26 Å². The average molecular weight is 627 g/mol. The molecule has 3 fully saturated rings. The first kappa shape index (κ1) is 29.8. The molecular weight excluding hydrogens is 588 g/mol. The van der Waals surface area contributed by atoms with Crippen molar-refractivity contribution in [2.24, 2.45) is 0 Å². The van der Waals surface area contributed by atoms with Gasteiger partial charge in [-0.25, -0.2) is 0 Å². The van der Waals surface area contributed by atoms with E-state index in [0.29, 0.717) is 44.8 Å². The van der Waals surface area contributed by atoms with Crippen LogP contribution in [0.1, 0.15) is 30.5 Å². The summed E-state index contributed by atoms with van der Waals surface area (Å²) in [5.41, 5.74) is 3.19. The Morgan fingerprint density at radius 2 is 1.96 bits per heavy atom. The summed E-state index contributed by atoms with van der Waals surface area (Å²) in [6, 6.07) is 15.3. The zero-order valence-electron chi connectivity index (χ0n) is 25.7. The summed E-state index contributed by atoms with van der Waals surface area (Å²) >= 11 is 6.72. The van der Waals surface area contributed by atoms with Gasteiger partial charge >= 0.3 is 6.01 Å². The number of fused-ring (bicyclic) bond motifs is 2. The Bertz CT molecular complexity index is 1660. The van der Waals surface area contributed by atoms with Crippen LogP contribution in [0.25, 0.3) is 10.8 Å². The number of rotatable bonds is 9. The molecule has 0 bridgehead atoms. The predicted molar refractivity (Wildman–Crippen MR) is 176 cm³/mol. The second-order valence-corrected chi connectivity index (χ2v) is 13.1. The van der Waals surface area contributed by atoms with Crippen LogP contribution in [0, 0.1) is 11.3 Å². The smallest absolute Gasteiger partial charge is 0.318 e. The Balaban J connectivity index is 1.20. The van der Waals surface area contributed by atoms with Crippen molar-refractivity contribution in [3.8, 4) is 12.1 Å². The topological polar surface area (TPSA) is 101 Å². The summed E-state index contributed by atoms with van der Waals surface area (Å²) in [5, 5.41) is 15.8. The van der Waals surface area contributed by atoms with Crippen molar-refractivity contribution in [2.45, 2.75) is 49.9 Å². The fraction of sp³-hybridized carbons (Fsp3) is 0.471. The molecule has 2 saturated heterocycles. The van der Waals surface area contributed by atoms with Crippen LogP contribution in [0.4, 0.5) is 11.5 Å². The monoisotopic (exact) mass is 626 g/mol. The number of nitriles is 1. The highest BCUT2D eigenvalue weighted by Crippen LogP contribution is 2.44. The molecule has 4 heterocycles. The van der Waals surface area contributed by atoms with Gasteiger partial charge in [-0.3, -0.25) is 9.69 Å². The number of aromatic nitrogens is 2. The van der Waals surface area contributed by atoms with Gasteiger partial charge < -0.3 is 24.8 Å². The molecule has 1 amide bonds. The molecule has 1 N–H and O–H groups in total. The van der Waals surface area contributed by atoms with Gasteiger partial charge in [0.15, 0.2) is 0 Å². The predicted octanol–water partition coefficient (Wildman–Crippen LogP) is 3.78. The van der Waals surface area contributed by atoms with Crippen molar-refractivity contribution < 1.29 is 9.53 Å². The van der Waals surface area contributed by atoms with Gasteiger partial charge in [0.2, 0.25) is 5.91 Å². The molecule has 1 saturated carbocycles. The molecule has 11 heteroatoms. The SMILES string of the molecule is C=CC(=O)N1CCN(c2nc(OCC3(N4CC(NC)C4)CC3)nc3c2CCN(c2cccc4cccc(Cl)c24)C3)C[C@@H]1CC#N. The number of likely N-dealkylation sites (N-methyl/N-ethyl adjacent to an activating group) is 1. The molecule has 0 unspecified atom stereocenters. The van der Waals surface area contributed by atoms with Crippen molar-refractivity contribution in [1.82, 2.24) is 25.1 Å². The van der Waals surface area contributed by atoms with E-state index >= 15 is 0 Å². The number of anilines is 2. The number of piperazine rings is 1. The molecular formula is C34H39ClN8O2.